The lowest BCUT2D eigenvalue weighted by molar-refractivity contribution is -0.121. The Labute approximate surface area is 194 Å². The van der Waals surface area contributed by atoms with E-state index >= 15 is 0 Å². The van der Waals surface area contributed by atoms with Gasteiger partial charge in [0.1, 0.15) is 17.0 Å². The molecule has 1 heterocycles. The number of carbonyl (C=O) groups excluding carboxylic acids is 1. The molecule has 3 aromatic carbocycles. The predicted octanol–water partition coefficient (Wildman–Crippen LogP) is 5.05. The van der Waals surface area contributed by atoms with E-state index in [1.807, 2.05) is 24.3 Å². The van der Waals surface area contributed by atoms with Crippen LogP contribution in [0.15, 0.2) is 71.1 Å². The van der Waals surface area contributed by atoms with Crippen LogP contribution in [0.5, 0.6) is 11.5 Å². The zero-order valence-corrected chi connectivity index (χ0v) is 18.5. The summed E-state index contributed by atoms with van der Waals surface area (Å²) in [4.78, 5) is 16.5. The number of aromatic nitrogens is 1. The molecule has 0 unspecified atom stereocenters. The van der Waals surface area contributed by atoms with Gasteiger partial charge in [-0.2, -0.15) is 0 Å². The van der Waals surface area contributed by atoms with Gasteiger partial charge in [0, 0.05) is 16.3 Å². The van der Waals surface area contributed by atoms with Crippen LogP contribution in [-0.2, 0) is 4.79 Å². The van der Waals surface area contributed by atoms with Crippen LogP contribution in [0.4, 0.5) is 5.69 Å². The molecule has 7 nitrogen and oxygen atoms in total. The molecule has 0 bridgehead atoms. The number of ether oxygens (including phenoxy) is 2. The number of nitrogens with zero attached hydrogens (tertiary/aromatic N) is 1. The largest absolute Gasteiger partial charge is 0.497 e. The fraction of sp³-hybridized carbons (Fsp3) is 0.0870. The number of nitrogens with one attached hydrogen (secondary N) is 2. The van der Waals surface area contributed by atoms with Crippen molar-refractivity contribution in [3.63, 3.8) is 0 Å². The number of amides is 1. The van der Waals surface area contributed by atoms with Gasteiger partial charge in [-0.25, -0.2) is 4.98 Å². The van der Waals surface area contributed by atoms with E-state index in [1.165, 1.54) is 0 Å². The summed E-state index contributed by atoms with van der Waals surface area (Å²) in [6, 6.07) is 19.5. The summed E-state index contributed by atoms with van der Waals surface area (Å²) >= 11 is 11.2. The third-order valence-corrected chi connectivity index (χ3v) is 4.86. The van der Waals surface area contributed by atoms with Gasteiger partial charge < -0.3 is 19.2 Å². The van der Waals surface area contributed by atoms with Crippen LogP contribution in [0.3, 0.4) is 0 Å². The van der Waals surface area contributed by atoms with E-state index in [4.69, 9.17) is 37.7 Å². The Morgan fingerprint density at radius 3 is 2.50 bits per heavy atom. The van der Waals surface area contributed by atoms with Crippen molar-refractivity contribution in [1.29, 1.82) is 0 Å². The van der Waals surface area contributed by atoms with E-state index in [9.17, 15) is 4.79 Å². The lowest BCUT2D eigenvalue weighted by Crippen LogP contribution is -2.37. The lowest BCUT2D eigenvalue weighted by Gasteiger charge is -2.11. The minimum absolute atomic E-state index is 0.164. The average Bonchev–Trinajstić information content (AvgIpc) is 3.21. The number of fused-ring (bicyclic) bond motifs is 1. The molecule has 4 rings (SSSR count). The molecular formula is C23H18ClN3O4S. The molecule has 0 atom stereocenters. The van der Waals surface area contributed by atoms with Crippen LogP contribution in [0.2, 0.25) is 5.02 Å². The number of hydrogen-bond acceptors (Lipinski definition) is 6. The maximum Gasteiger partial charge on any atom is 0.264 e. The third kappa shape index (κ3) is 5.35. The average molecular weight is 468 g/mol. The fourth-order valence-corrected chi connectivity index (χ4v) is 3.26. The van der Waals surface area contributed by atoms with Crippen LogP contribution in [0, 0.1) is 0 Å². The first kappa shape index (κ1) is 21.6. The van der Waals surface area contributed by atoms with Crippen molar-refractivity contribution in [2.24, 2.45) is 0 Å². The number of rotatable bonds is 6. The van der Waals surface area contributed by atoms with E-state index in [2.05, 4.69) is 15.6 Å². The maximum atomic E-state index is 12.1. The Morgan fingerprint density at radius 2 is 1.78 bits per heavy atom. The molecule has 32 heavy (non-hydrogen) atoms. The van der Waals surface area contributed by atoms with Gasteiger partial charge >= 0.3 is 0 Å². The van der Waals surface area contributed by atoms with Gasteiger partial charge in [-0.3, -0.25) is 10.1 Å². The van der Waals surface area contributed by atoms with Gasteiger partial charge in [-0.1, -0.05) is 11.6 Å². The Morgan fingerprint density at radius 1 is 1.06 bits per heavy atom. The molecule has 0 fully saturated rings. The van der Waals surface area contributed by atoms with Crippen LogP contribution in [0.25, 0.3) is 22.6 Å². The molecule has 0 saturated heterocycles. The summed E-state index contributed by atoms with van der Waals surface area (Å²) in [5.41, 5.74) is 2.85. The van der Waals surface area contributed by atoms with Crippen LogP contribution in [0.1, 0.15) is 0 Å². The second kappa shape index (κ2) is 9.67. The summed E-state index contributed by atoms with van der Waals surface area (Å²) in [5.74, 6) is 1.37. The molecule has 2 N–H and O–H groups in total. The Balaban J connectivity index is 1.30. The smallest absolute Gasteiger partial charge is 0.264 e. The van der Waals surface area contributed by atoms with Crippen molar-refractivity contribution in [3.05, 3.63) is 71.8 Å². The highest BCUT2D eigenvalue weighted by atomic mass is 35.5. The zero-order valence-electron chi connectivity index (χ0n) is 16.9. The van der Waals surface area contributed by atoms with Crippen molar-refractivity contribution < 1.29 is 18.7 Å². The topological polar surface area (TPSA) is 85.6 Å². The molecule has 1 aromatic heterocycles. The first-order valence-corrected chi connectivity index (χ1v) is 10.3. The molecule has 0 aliphatic carbocycles. The van der Waals surface area contributed by atoms with E-state index in [0.29, 0.717) is 39.2 Å². The normalized spacial score (nSPS) is 10.6. The maximum absolute atomic E-state index is 12.1. The SMILES string of the molecule is COc1ccc(OCC(=O)NC(=S)Nc2ccc(-c3nc4cc(Cl)ccc4o3)cc2)cc1. The molecule has 0 aliphatic heterocycles. The molecular weight excluding hydrogens is 450 g/mol. The molecule has 9 heteroatoms. The summed E-state index contributed by atoms with van der Waals surface area (Å²) in [7, 11) is 1.58. The Kier molecular flexibility index (Phi) is 6.53. The number of thiocarbonyl (C=S) groups is 1. The van der Waals surface area contributed by atoms with Crippen molar-refractivity contribution in [3.8, 4) is 23.0 Å². The van der Waals surface area contributed by atoms with Gasteiger partial charge in [-0.05, 0) is 78.9 Å². The van der Waals surface area contributed by atoms with Crippen LogP contribution < -0.4 is 20.1 Å². The second-order valence-electron chi connectivity index (χ2n) is 6.67. The second-order valence-corrected chi connectivity index (χ2v) is 7.52. The number of halogens is 1. The summed E-state index contributed by atoms with van der Waals surface area (Å²) in [6.07, 6.45) is 0. The Bertz CT molecular complexity index is 1260. The van der Waals surface area contributed by atoms with E-state index in [-0.39, 0.29) is 17.6 Å². The van der Waals surface area contributed by atoms with E-state index in [0.717, 1.165) is 5.56 Å². The molecule has 0 radical (unpaired) electrons. The molecule has 0 aliphatic rings. The fourth-order valence-electron chi connectivity index (χ4n) is 2.87. The lowest BCUT2D eigenvalue weighted by atomic mass is 10.2. The number of anilines is 1. The quantitative estimate of drug-likeness (QED) is 0.384. The summed E-state index contributed by atoms with van der Waals surface area (Å²) in [5, 5.41) is 6.30. The molecule has 1 amide bonds. The molecule has 0 saturated carbocycles. The highest BCUT2D eigenvalue weighted by Gasteiger charge is 2.10. The van der Waals surface area contributed by atoms with Gasteiger partial charge in [0.15, 0.2) is 17.3 Å². The number of carbonyl (C=O) groups is 1. The number of oxazole rings is 1. The standard InChI is InChI=1S/C23H18ClN3O4S/c1-29-17-7-9-18(10-8-17)30-13-21(28)27-23(32)25-16-5-2-14(3-6-16)22-26-19-12-15(24)4-11-20(19)31-22/h2-12H,13H2,1H3,(H2,25,27,28,32). The van der Waals surface area contributed by atoms with Gasteiger partial charge in [0.2, 0.25) is 5.89 Å². The van der Waals surface area contributed by atoms with Gasteiger partial charge in [0.25, 0.3) is 5.91 Å². The third-order valence-electron chi connectivity index (χ3n) is 4.42. The minimum atomic E-state index is -0.375. The highest BCUT2D eigenvalue weighted by molar-refractivity contribution is 7.80. The molecule has 0 spiro atoms. The van der Waals surface area contributed by atoms with E-state index < -0.39 is 0 Å². The summed E-state index contributed by atoms with van der Waals surface area (Å²) in [6.45, 7) is -0.172. The zero-order chi connectivity index (χ0) is 22.5. The number of hydrogen-bond donors (Lipinski definition) is 2. The molecule has 4 aromatic rings. The monoisotopic (exact) mass is 467 g/mol. The first-order chi connectivity index (χ1) is 15.5. The number of methoxy groups -OCH3 is 1. The Hall–Kier alpha value is -3.62. The summed E-state index contributed by atoms with van der Waals surface area (Å²) < 4.78 is 16.3. The van der Waals surface area contributed by atoms with Crippen LogP contribution in [-0.4, -0.2) is 29.7 Å². The van der Waals surface area contributed by atoms with Crippen molar-refractivity contribution in [2.45, 2.75) is 0 Å². The first-order valence-electron chi connectivity index (χ1n) is 9.54. The highest BCUT2D eigenvalue weighted by Crippen LogP contribution is 2.27. The van der Waals surface area contributed by atoms with Crippen molar-refractivity contribution in [2.75, 3.05) is 19.0 Å². The molecule has 162 valence electrons. The van der Waals surface area contributed by atoms with Gasteiger partial charge in [0.05, 0.1) is 7.11 Å². The van der Waals surface area contributed by atoms with Crippen molar-refractivity contribution in [1.82, 2.24) is 10.3 Å². The van der Waals surface area contributed by atoms with Gasteiger partial charge in [-0.15, -0.1) is 0 Å². The van der Waals surface area contributed by atoms with Crippen LogP contribution >= 0.6 is 23.8 Å². The van der Waals surface area contributed by atoms with E-state index in [1.54, 1.807) is 49.6 Å². The van der Waals surface area contributed by atoms with Crippen molar-refractivity contribution >= 4 is 51.6 Å². The number of benzene rings is 3. The predicted molar refractivity (Wildman–Crippen MR) is 127 cm³/mol. The minimum Gasteiger partial charge on any atom is -0.497 e.